The molecule has 1 unspecified atom stereocenters. The molecule has 0 aromatic heterocycles. The molecule has 2 amide bonds. The second kappa shape index (κ2) is 7.94. The Morgan fingerprint density at radius 2 is 1.64 bits per heavy atom. The van der Waals surface area contributed by atoms with Gasteiger partial charge in [0.05, 0.1) is 6.54 Å². The minimum absolute atomic E-state index is 0.0495. The highest BCUT2D eigenvalue weighted by atomic mass is 16.2. The lowest BCUT2D eigenvalue weighted by atomic mass is 10.1. The maximum Gasteiger partial charge on any atom is 0.244 e. The van der Waals surface area contributed by atoms with Crippen LogP contribution in [0.15, 0.2) is 42.5 Å². The zero-order chi connectivity index (χ0) is 18.6. The first-order chi connectivity index (χ1) is 11.8. The molecule has 2 aromatic rings. The SMILES string of the molecule is Cc1cc(C)c(NC(=O)CN(C)C(=O)C(N)c2ccccc2)c(C)c1. The molecule has 1 atom stereocenters. The molecule has 3 N–H and O–H groups in total. The van der Waals surface area contributed by atoms with Crippen LogP contribution in [0.2, 0.25) is 0 Å². The van der Waals surface area contributed by atoms with E-state index in [0.717, 1.165) is 27.9 Å². The van der Waals surface area contributed by atoms with Gasteiger partial charge in [-0.3, -0.25) is 9.59 Å². The van der Waals surface area contributed by atoms with Crippen LogP contribution in [0.1, 0.15) is 28.3 Å². The van der Waals surface area contributed by atoms with E-state index in [1.54, 1.807) is 19.2 Å². The number of amides is 2. The third-order valence-electron chi connectivity index (χ3n) is 4.12. The molecule has 0 heterocycles. The van der Waals surface area contributed by atoms with Gasteiger partial charge in [-0.15, -0.1) is 0 Å². The quantitative estimate of drug-likeness (QED) is 0.879. The summed E-state index contributed by atoms with van der Waals surface area (Å²) in [5.74, 6) is -0.537. The second-order valence-electron chi connectivity index (χ2n) is 6.40. The van der Waals surface area contributed by atoms with Crippen molar-refractivity contribution in [3.05, 3.63) is 64.7 Å². The average Bonchev–Trinajstić information content (AvgIpc) is 2.57. The number of carbonyl (C=O) groups excluding carboxylic acids is 2. The minimum Gasteiger partial charge on any atom is -0.335 e. The number of aryl methyl sites for hydroxylation is 3. The Morgan fingerprint density at radius 1 is 1.08 bits per heavy atom. The lowest BCUT2D eigenvalue weighted by Gasteiger charge is -2.22. The van der Waals surface area contributed by atoms with Gasteiger partial charge in [0, 0.05) is 12.7 Å². The molecule has 132 valence electrons. The van der Waals surface area contributed by atoms with Gasteiger partial charge >= 0.3 is 0 Å². The molecule has 0 radical (unpaired) electrons. The Bertz CT molecular complexity index is 749. The van der Waals surface area contributed by atoms with E-state index in [0.29, 0.717) is 0 Å². The Kier molecular flexibility index (Phi) is 5.93. The van der Waals surface area contributed by atoms with Crippen molar-refractivity contribution in [2.45, 2.75) is 26.8 Å². The molecule has 0 aliphatic carbocycles. The van der Waals surface area contributed by atoms with Gasteiger partial charge in [-0.25, -0.2) is 0 Å². The lowest BCUT2D eigenvalue weighted by molar-refractivity contribution is -0.134. The molecule has 5 heteroatoms. The summed E-state index contributed by atoms with van der Waals surface area (Å²) in [7, 11) is 1.58. The molecule has 25 heavy (non-hydrogen) atoms. The molecule has 2 aromatic carbocycles. The van der Waals surface area contributed by atoms with Crippen LogP contribution in [0, 0.1) is 20.8 Å². The summed E-state index contributed by atoms with van der Waals surface area (Å²) in [6.07, 6.45) is 0. The summed E-state index contributed by atoms with van der Waals surface area (Å²) in [5, 5.41) is 2.90. The maximum absolute atomic E-state index is 12.4. The number of nitrogens with one attached hydrogen (secondary N) is 1. The van der Waals surface area contributed by atoms with E-state index < -0.39 is 6.04 Å². The smallest absolute Gasteiger partial charge is 0.244 e. The van der Waals surface area contributed by atoms with Crippen LogP contribution in [0.3, 0.4) is 0 Å². The summed E-state index contributed by atoms with van der Waals surface area (Å²) in [6.45, 7) is 5.88. The van der Waals surface area contributed by atoms with Crippen LogP contribution >= 0.6 is 0 Å². The van der Waals surface area contributed by atoms with Crippen molar-refractivity contribution in [1.82, 2.24) is 4.90 Å². The predicted molar refractivity (Wildman–Crippen MR) is 100 cm³/mol. The molecule has 0 saturated heterocycles. The normalized spacial score (nSPS) is 11.7. The number of hydrogen-bond acceptors (Lipinski definition) is 3. The fourth-order valence-electron chi connectivity index (χ4n) is 2.89. The fourth-order valence-corrected chi connectivity index (χ4v) is 2.89. The summed E-state index contributed by atoms with van der Waals surface area (Å²) < 4.78 is 0. The summed E-state index contributed by atoms with van der Waals surface area (Å²) in [5.41, 5.74) is 10.7. The van der Waals surface area contributed by atoms with Crippen LogP contribution in [0.5, 0.6) is 0 Å². The highest BCUT2D eigenvalue weighted by Crippen LogP contribution is 2.22. The van der Waals surface area contributed by atoms with Crippen molar-refractivity contribution in [3.8, 4) is 0 Å². The van der Waals surface area contributed by atoms with E-state index in [-0.39, 0.29) is 18.4 Å². The molecule has 0 saturated carbocycles. The van der Waals surface area contributed by atoms with Crippen molar-refractivity contribution < 1.29 is 9.59 Å². The number of carbonyl (C=O) groups is 2. The largest absolute Gasteiger partial charge is 0.335 e. The van der Waals surface area contributed by atoms with Crippen molar-refractivity contribution in [2.75, 3.05) is 18.9 Å². The molecule has 0 aliphatic rings. The van der Waals surface area contributed by atoms with Crippen molar-refractivity contribution >= 4 is 17.5 Å². The highest BCUT2D eigenvalue weighted by Gasteiger charge is 2.21. The van der Waals surface area contributed by atoms with Gasteiger partial charge in [0.1, 0.15) is 6.04 Å². The van der Waals surface area contributed by atoms with E-state index in [4.69, 9.17) is 5.73 Å². The van der Waals surface area contributed by atoms with Gasteiger partial charge in [-0.2, -0.15) is 0 Å². The van der Waals surface area contributed by atoms with E-state index in [1.165, 1.54) is 4.90 Å². The average molecular weight is 339 g/mol. The van der Waals surface area contributed by atoms with E-state index in [1.807, 2.05) is 51.1 Å². The zero-order valence-corrected chi connectivity index (χ0v) is 15.2. The molecule has 5 nitrogen and oxygen atoms in total. The lowest BCUT2D eigenvalue weighted by Crippen LogP contribution is -2.40. The minimum atomic E-state index is -0.776. The molecule has 0 fully saturated rings. The second-order valence-corrected chi connectivity index (χ2v) is 6.40. The third kappa shape index (κ3) is 4.67. The Hall–Kier alpha value is -2.66. The molecule has 0 aliphatic heterocycles. The Morgan fingerprint density at radius 3 is 2.20 bits per heavy atom. The number of benzene rings is 2. The van der Waals surface area contributed by atoms with Crippen molar-refractivity contribution in [2.24, 2.45) is 5.73 Å². The first-order valence-electron chi connectivity index (χ1n) is 8.22. The van der Waals surface area contributed by atoms with E-state index in [2.05, 4.69) is 5.32 Å². The van der Waals surface area contributed by atoms with Gasteiger partial charge in [-0.05, 0) is 37.5 Å². The van der Waals surface area contributed by atoms with Crippen molar-refractivity contribution in [1.29, 1.82) is 0 Å². The highest BCUT2D eigenvalue weighted by molar-refractivity contribution is 5.96. The zero-order valence-electron chi connectivity index (χ0n) is 15.2. The molecule has 0 bridgehead atoms. The summed E-state index contributed by atoms with van der Waals surface area (Å²) in [6, 6.07) is 12.4. The maximum atomic E-state index is 12.4. The van der Waals surface area contributed by atoms with Gasteiger partial charge in [-0.1, -0.05) is 48.0 Å². The topological polar surface area (TPSA) is 75.4 Å². The summed E-state index contributed by atoms with van der Waals surface area (Å²) in [4.78, 5) is 26.1. The predicted octanol–water partition coefficient (Wildman–Crippen LogP) is 2.71. The standard InChI is InChI=1S/C20H25N3O2/c1-13-10-14(2)19(15(3)11-13)22-17(24)12-23(4)20(25)18(21)16-8-6-5-7-9-16/h5-11,18H,12,21H2,1-4H3,(H,22,24). The number of anilines is 1. The van der Waals surface area contributed by atoms with E-state index >= 15 is 0 Å². The summed E-state index contributed by atoms with van der Waals surface area (Å²) >= 11 is 0. The van der Waals surface area contributed by atoms with Gasteiger partial charge in [0.15, 0.2) is 0 Å². The molecular formula is C20H25N3O2. The van der Waals surface area contributed by atoms with Crippen LogP contribution in [-0.2, 0) is 9.59 Å². The van der Waals surface area contributed by atoms with Crippen LogP contribution < -0.4 is 11.1 Å². The van der Waals surface area contributed by atoms with Crippen LogP contribution in [0.4, 0.5) is 5.69 Å². The fraction of sp³-hybridized carbons (Fsp3) is 0.300. The first-order valence-corrected chi connectivity index (χ1v) is 8.22. The van der Waals surface area contributed by atoms with Crippen molar-refractivity contribution in [3.63, 3.8) is 0 Å². The number of hydrogen-bond donors (Lipinski definition) is 2. The van der Waals surface area contributed by atoms with Gasteiger partial charge in [0.25, 0.3) is 0 Å². The first kappa shape index (κ1) is 18.7. The number of rotatable bonds is 5. The Balaban J connectivity index is 2.02. The molecular weight excluding hydrogens is 314 g/mol. The van der Waals surface area contributed by atoms with Crippen LogP contribution in [-0.4, -0.2) is 30.3 Å². The molecule has 0 spiro atoms. The Labute approximate surface area is 148 Å². The number of likely N-dealkylation sites (N-methyl/N-ethyl adjacent to an activating group) is 1. The number of nitrogens with two attached hydrogens (primary N) is 1. The van der Waals surface area contributed by atoms with E-state index in [9.17, 15) is 9.59 Å². The van der Waals surface area contributed by atoms with Crippen LogP contribution in [0.25, 0.3) is 0 Å². The monoisotopic (exact) mass is 339 g/mol. The van der Waals surface area contributed by atoms with Gasteiger partial charge in [0.2, 0.25) is 11.8 Å². The van der Waals surface area contributed by atoms with Gasteiger partial charge < -0.3 is 16.0 Å². The molecule has 2 rings (SSSR count). The third-order valence-corrected chi connectivity index (χ3v) is 4.12. The number of nitrogens with zero attached hydrogens (tertiary/aromatic N) is 1.